The third-order valence-electron chi connectivity index (χ3n) is 1.61. The Balaban J connectivity index is 2.84. The number of aromatic nitrogens is 1. The Hall–Kier alpha value is -1.38. The number of nitrogens with zero attached hydrogens (tertiary/aromatic N) is 1. The summed E-state index contributed by atoms with van der Waals surface area (Å²) in [7, 11) is 0. The Labute approximate surface area is 77.8 Å². The number of hydrogen-bond donors (Lipinski definition) is 0. The first-order valence-corrected chi connectivity index (χ1v) is 4.29. The van der Waals surface area contributed by atoms with E-state index >= 15 is 0 Å². The van der Waals surface area contributed by atoms with Gasteiger partial charge in [0.25, 0.3) is 0 Å². The number of rotatable bonds is 4. The van der Waals surface area contributed by atoms with E-state index in [1.165, 1.54) is 0 Å². The molecule has 0 aliphatic heterocycles. The second-order valence-corrected chi connectivity index (χ2v) is 2.80. The molecule has 1 aromatic rings. The molecule has 0 unspecified atom stereocenters. The summed E-state index contributed by atoms with van der Waals surface area (Å²) in [5.41, 5.74) is 0.907. The fourth-order valence-corrected chi connectivity index (χ4v) is 1.11. The van der Waals surface area contributed by atoms with Crippen LogP contribution in [-0.4, -0.2) is 17.4 Å². The first-order chi connectivity index (χ1) is 6.24. The predicted molar refractivity (Wildman–Crippen MR) is 49.8 cm³/mol. The average Bonchev–Trinajstić information content (AvgIpc) is 2.08. The molecule has 0 aliphatic rings. The van der Waals surface area contributed by atoms with E-state index in [0.29, 0.717) is 18.8 Å². The van der Waals surface area contributed by atoms with Crippen LogP contribution in [0.1, 0.15) is 19.4 Å². The number of hydrogen-bond acceptors (Lipinski definition) is 3. The minimum atomic E-state index is 0.132. The lowest BCUT2D eigenvalue weighted by Gasteiger charge is -2.07. The molecular formula is C10H13NO2. The molecule has 0 aromatic carbocycles. The largest absolute Gasteiger partial charge is 0.492 e. The zero-order valence-corrected chi connectivity index (χ0v) is 7.91. The second kappa shape index (κ2) is 4.60. The van der Waals surface area contributed by atoms with Crippen molar-refractivity contribution >= 4 is 5.78 Å². The lowest BCUT2D eigenvalue weighted by Crippen LogP contribution is -2.01. The zero-order chi connectivity index (χ0) is 9.68. The van der Waals surface area contributed by atoms with Crippen molar-refractivity contribution in [1.29, 1.82) is 0 Å². The van der Waals surface area contributed by atoms with Gasteiger partial charge in [-0.3, -0.25) is 9.78 Å². The lowest BCUT2D eigenvalue weighted by molar-refractivity contribution is -0.116. The SMILES string of the molecule is CCOc1cnccc1CC(C)=O. The monoisotopic (exact) mass is 179 g/mol. The van der Waals surface area contributed by atoms with Gasteiger partial charge in [-0.25, -0.2) is 0 Å². The fourth-order valence-electron chi connectivity index (χ4n) is 1.11. The molecule has 0 spiro atoms. The van der Waals surface area contributed by atoms with Gasteiger partial charge in [-0.15, -0.1) is 0 Å². The lowest BCUT2D eigenvalue weighted by atomic mass is 10.1. The van der Waals surface area contributed by atoms with Gasteiger partial charge in [0, 0.05) is 18.2 Å². The van der Waals surface area contributed by atoms with Crippen molar-refractivity contribution in [2.45, 2.75) is 20.3 Å². The number of carbonyl (C=O) groups excluding carboxylic acids is 1. The highest BCUT2D eigenvalue weighted by atomic mass is 16.5. The van der Waals surface area contributed by atoms with Crippen molar-refractivity contribution < 1.29 is 9.53 Å². The van der Waals surface area contributed by atoms with Crippen molar-refractivity contribution in [3.05, 3.63) is 24.0 Å². The number of Topliss-reactive ketones (excluding diaryl/α,β-unsaturated/α-hetero) is 1. The van der Waals surface area contributed by atoms with Crippen LogP contribution >= 0.6 is 0 Å². The van der Waals surface area contributed by atoms with E-state index in [4.69, 9.17) is 4.74 Å². The van der Waals surface area contributed by atoms with E-state index in [0.717, 1.165) is 5.56 Å². The molecule has 3 nitrogen and oxygen atoms in total. The number of ketones is 1. The molecule has 0 saturated heterocycles. The van der Waals surface area contributed by atoms with Crippen LogP contribution in [0.4, 0.5) is 0 Å². The Morgan fingerprint density at radius 2 is 2.38 bits per heavy atom. The maximum atomic E-state index is 10.9. The number of ether oxygens (including phenoxy) is 1. The molecule has 1 heterocycles. The molecule has 0 fully saturated rings. The molecule has 3 heteroatoms. The topological polar surface area (TPSA) is 39.2 Å². The molecule has 0 saturated carbocycles. The Morgan fingerprint density at radius 3 is 3.00 bits per heavy atom. The average molecular weight is 179 g/mol. The van der Waals surface area contributed by atoms with Gasteiger partial charge in [0.15, 0.2) is 0 Å². The molecular weight excluding hydrogens is 166 g/mol. The summed E-state index contributed by atoms with van der Waals surface area (Å²) in [5, 5.41) is 0. The molecule has 0 bridgehead atoms. The van der Waals surface area contributed by atoms with Crippen molar-refractivity contribution in [2.24, 2.45) is 0 Å². The van der Waals surface area contributed by atoms with E-state index in [-0.39, 0.29) is 5.78 Å². The van der Waals surface area contributed by atoms with E-state index in [1.807, 2.05) is 13.0 Å². The minimum absolute atomic E-state index is 0.132. The van der Waals surface area contributed by atoms with Crippen LogP contribution in [0.15, 0.2) is 18.5 Å². The summed E-state index contributed by atoms with van der Waals surface area (Å²) in [6.45, 7) is 4.07. The van der Waals surface area contributed by atoms with Gasteiger partial charge in [-0.1, -0.05) is 0 Å². The van der Waals surface area contributed by atoms with E-state index in [1.54, 1.807) is 19.3 Å². The normalized spacial score (nSPS) is 9.69. The molecule has 0 N–H and O–H groups in total. The van der Waals surface area contributed by atoms with Crippen molar-refractivity contribution in [1.82, 2.24) is 4.98 Å². The van der Waals surface area contributed by atoms with Gasteiger partial charge in [0.05, 0.1) is 12.8 Å². The predicted octanol–water partition coefficient (Wildman–Crippen LogP) is 1.61. The maximum Gasteiger partial charge on any atom is 0.141 e. The van der Waals surface area contributed by atoms with Crippen molar-refractivity contribution in [2.75, 3.05) is 6.61 Å². The first kappa shape index (κ1) is 9.71. The molecule has 0 radical (unpaired) electrons. The fraction of sp³-hybridized carbons (Fsp3) is 0.400. The Kier molecular flexibility index (Phi) is 3.43. The maximum absolute atomic E-state index is 10.9. The second-order valence-electron chi connectivity index (χ2n) is 2.80. The third kappa shape index (κ3) is 2.86. The summed E-state index contributed by atoms with van der Waals surface area (Å²) in [4.78, 5) is 14.8. The van der Waals surface area contributed by atoms with Crippen molar-refractivity contribution in [3.63, 3.8) is 0 Å². The number of pyridine rings is 1. The molecule has 0 amide bonds. The first-order valence-electron chi connectivity index (χ1n) is 4.29. The van der Waals surface area contributed by atoms with Crippen molar-refractivity contribution in [3.8, 4) is 5.75 Å². The van der Waals surface area contributed by atoms with Crippen LogP contribution in [0, 0.1) is 0 Å². The third-order valence-corrected chi connectivity index (χ3v) is 1.61. The van der Waals surface area contributed by atoms with Crippen LogP contribution in [-0.2, 0) is 11.2 Å². The van der Waals surface area contributed by atoms with Gasteiger partial charge in [0.1, 0.15) is 11.5 Å². The van der Waals surface area contributed by atoms with Gasteiger partial charge < -0.3 is 4.74 Å². The van der Waals surface area contributed by atoms with E-state index in [9.17, 15) is 4.79 Å². The molecule has 1 aromatic heterocycles. The van der Waals surface area contributed by atoms with Crippen LogP contribution in [0.5, 0.6) is 5.75 Å². The Morgan fingerprint density at radius 1 is 1.62 bits per heavy atom. The molecule has 0 aliphatic carbocycles. The van der Waals surface area contributed by atoms with E-state index < -0.39 is 0 Å². The molecule has 1 rings (SSSR count). The zero-order valence-electron chi connectivity index (χ0n) is 7.91. The summed E-state index contributed by atoms with van der Waals surface area (Å²) < 4.78 is 5.32. The molecule has 0 atom stereocenters. The Bertz CT molecular complexity index is 297. The van der Waals surface area contributed by atoms with Crippen LogP contribution in [0.25, 0.3) is 0 Å². The van der Waals surface area contributed by atoms with Gasteiger partial charge in [-0.2, -0.15) is 0 Å². The van der Waals surface area contributed by atoms with Gasteiger partial charge in [0.2, 0.25) is 0 Å². The summed E-state index contributed by atoms with van der Waals surface area (Å²) in [5.74, 6) is 0.840. The van der Waals surface area contributed by atoms with Crippen LogP contribution in [0.2, 0.25) is 0 Å². The van der Waals surface area contributed by atoms with Gasteiger partial charge in [-0.05, 0) is 19.9 Å². The highest BCUT2D eigenvalue weighted by Crippen LogP contribution is 2.16. The molecule has 13 heavy (non-hydrogen) atoms. The van der Waals surface area contributed by atoms with Crippen LogP contribution in [0.3, 0.4) is 0 Å². The molecule has 70 valence electrons. The summed E-state index contributed by atoms with van der Waals surface area (Å²) >= 11 is 0. The smallest absolute Gasteiger partial charge is 0.141 e. The summed E-state index contributed by atoms with van der Waals surface area (Å²) in [6, 6.07) is 1.81. The standard InChI is InChI=1S/C10H13NO2/c1-3-13-10-7-11-5-4-9(10)6-8(2)12/h4-5,7H,3,6H2,1-2H3. The van der Waals surface area contributed by atoms with E-state index in [2.05, 4.69) is 4.98 Å². The highest BCUT2D eigenvalue weighted by molar-refractivity contribution is 5.78. The highest BCUT2D eigenvalue weighted by Gasteiger charge is 2.04. The minimum Gasteiger partial charge on any atom is -0.492 e. The summed E-state index contributed by atoms with van der Waals surface area (Å²) in [6.07, 6.45) is 3.72. The number of carbonyl (C=O) groups is 1. The quantitative estimate of drug-likeness (QED) is 0.705. The van der Waals surface area contributed by atoms with Gasteiger partial charge >= 0.3 is 0 Å². The van der Waals surface area contributed by atoms with Crippen LogP contribution < -0.4 is 4.74 Å².